The molecule has 0 saturated heterocycles. The lowest BCUT2D eigenvalue weighted by Crippen LogP contribution is -1.99. The highest BCUT2D eigenvalue weighted by atomic mass is 32.2. The molecule has 0 rings (SSSR count). The van der Waals surface area contributed by atoms with Crippen LogP contribution < -0.4 is 0 Å². The van der Waals surface area contributed by atoms with Crippen molar-refractivity contribution in [2.75, 3.05) is 0 Å². The normalized spacial score (nSPS) is 11.0. The molecule has 0 aromatic carbocycles. The number of hydrogen-bond donors (Lipinski definition) is 0. The molecule has 0 aliphatic rings. The molecule has 0 aliphatic heterocycles. The highest BCUT2D eigenvalue weighted by Crippen LogP contribution is 2.19. The monoisotopic (exact) mass is 679 g/mol. The Morgan fingerprint density at radius 3 is 0.617 bits per heavy atom. The van der Waals surface area contributed by atoms with E-state index >= 15 is 0 Å². The van der Waals surface area contributed by atoms with Crippen molar-refractivity contribution in [3.63, 3.8) is 0 Å². The number of rotatable bonds is 38. The average molecular weight is 679 g/mol. The molecule has 0 fully saturated rings. The molecule has 0 saturated carbocycles. The molecule has 2 nitrogen and oxygen atoms in total. The van der Waals surface area contributed by atoms with E-state index in [1.165, 1.54) is 205 Å². The molecular weight excluding hydrogens is 593 g/mol. The van der Waals surface area contributed by atoms with Gasteiger partial charge in [-0.1, -0.05) is 232 Å². The minimum Gasteiger partial charge on any atom is -0.287 e. The van der Waals surface area contributed by atoms with E-state index in [4.69, 9.17) is 0 Å². The van der Waals surface area contributed by atoms with E-state index in [9.17, 15) is 9.59 Å². The molecule has 0 bridgehead atoms. The SMILES string of the molecule is C=C.CCCCCCCCCCCCCCCCCCCCC(=O)SC(=O)CCCCCCCCCCCCCCCCCCCC. The highest BCUT2D eigenvalue weighted by Gasteiger charge is 2.10. The van der Waals surface area contributed by atoms with Gasteiger partial charge in [-0.15, -0.1) is 13.2 Å². The van der Waals surface area contributed by atoms with Crippen molar-refractivity contribution in [1.29, 1.82) is 0 Å². The maximum absolute atomic E-state index is 12.2. The zero-order chi connectivity index (χ0) is 34.7. The quantitative estimate of drug-likeness (QED) is 0.0481. The minimum atomic E-state index is 0.0962. The minimum absolute atomic E-state index is 0.0962. The predicted octanol–water partition coefficient (Wildman–Crippen LogP) is 16.4. The Morgan fingerprint density at radius 1 is 0.298 bits per heavy atom. The van der Waals surface area contributed by atoms with Crippen LogP contribution in [0.1, 0.15) is 258 Å². The maximum Gasteiger partial charge on any atom is 0.196 e. The van der Waals surface area contributed by atoms with Gasteiger partial charge >= 0.3 is 0 Å². The number of unbranched alkanes of at least 4 members (excludes halogenated alkanes) is 34. The fourth-order valence-corrected chi connectivity index (χ4v) is 7.32. The summed E-state index contributed by atoms with van der Waals surface area (Å²) in [6.07, 6.45) is 50.1. The average Bonchev–Trinajstić information content (AvgIpc) is 3.08. The second kappa shape index (κ2) is 45.4. The molecule has 0 N–H and O–H groups in total. The van der Waals surface area contributed by atoms with Crippen LogP contribution in [0.5, 0.6) is 0 Å². The van der Waals surface area contributed by atoms with Crippen LogP contribution in [0, 0.1) is 0 Å². The van der Waals surface area contributed by atoms with Gasteiger partial charge in [0.1, 0.15) is 0 Å². The van der Waals surface area contributed by atoms with Gasteiger partial charge in [0.05, 0.1) is 0 Å². The molecule has 280 valence electrons. The van der Waals surface area contributed by atoms with Crippen molar-refractivity contribution in [1.82, 2.24) is 0 Å². The van der Waals surface area contributed by atoms with E-state index in [2.05, 4.69) is 27.0 Å². The van der Waals surface area contributed by atoms with E-state index in [-0.39, 0.29) is 10.2 Å². The summed E-state index contributed by atoms with van der Waals surface area (Å²) in [5, 5.41) is 0.192. The predicted molar refractivity (Wildman–Crippen MR) is 216 cm³/mol. The largest absolute Gasteiger partial charge is 0.287 e. The van der Waals surface area contributed by atoms with Crippen molar-refractivity contribution in [3.05, 3.63) is 13.2 Å². The molecule has 0 aliphatic carbocycles. The number of hydrogen-bond acceptors (Lipinski definition) is 3. The summed E-state index contributed by atoms with van der Waals surface area (Å²) in [7, 11) is 0. The Morgan fingerprint density at radius 2 is 0.447 bits per heavy atom. The van der Waals surface area contributed by atoms with E-state index in [1.807, 2.05) is 0 Å². The third-order valence-electron chi connectivity index (χ3n) is 9.70. The Kier molecular flexibility index (Phi) is 46.9. The van der Waals surface area contributed by atoms with Gasteiger partial charge in [0, 0.05) is 12.8 Å². The molecule has 0 radical (unpaired) electrons. The van der Waals surface area contributed by atoms with E-state index < -0.39 is 0 Å². The first-order chi connectivity index (χ1) is 23.2. The van der Waals surface area contributed by atoms with Gasteiger partial charge in [-0.3, -0.25) is 9.59 Å². The Balaban J connectivity index is 0. The molecule has 0 unspecified atom stereocenters. The van der Waals surface area contributed by atoms with E-state index in [1.54, 1.807) is 0 Å². The second-order valence-electron chi connectivity index (χ2n) is 14.4. The second-order valence-corrected chi connectivity index (χ2v) is 15.5. The summed E-state index contributed by atoms with van der Waals surface area (Å²) >= 11 is 1.00. The molecular formula is C44H86O2S. The standard InChI is InChI=1S/C42H82O2S.C2H4/c1-3-5-7-9-11-13-15-17-19-21-23-25-27-29-31-33-35-37-39-41(43)45-42(44)40-38-36-34-32-30-28-26-24-22-20-18-16-14-12-10-8-6-4-2;1-2/h3-40H2,1-2H3;1-2H2. The number of thioether (sulfide) groups is 1. The van der Waals surface area contributed by atoms with Crippen molar-refractivity contribution >= 4 is 22.0 Å². The van der Waals surface area contributed by atoms with Gasteiger partial charge in [0.25, 0.3) is 0 Å². The third-order valence-corrected chi connectivity index (χ3v) is 10.6. The molecule has 3 heteroatoms. The van der Waals surface area contributed by atoms with Gasteiger partial charge in [-0.2, -0.15) is 0 Å². The highest BCUT2D eigenvalue weighted by molar-refractivity contribution is 8.26. The third kappa shape index (κ3) is 45.4. The van der Waals surface area contributed by atoms with Crippen LogP contribution >= 0.6 is 11.8 Å². The van der Waals surface area contributed by atoms with Gasteiger partial charge in [0.15, 0.2) is 10.2 Å². The summed E-state index contributed by atoms with van der Waals surface area (Å²) in [5.74, 6) is 0. The van der Waals surface area contributed by atoms with Crippen molar-refractivity contribution in [2.45, 2.75) is 258 Å². The fourth-order valence-electron chi connectivity index (χ4n) is 6.57. The molecule has 0 aromatic rings. The molecule has 0 heterocycles. The van der Waals surface area contributed by atoms with Crippen LogP contribution in [-0.4, -0.2) is 10.2 Å². The number of carbonyl (C=O) groups is 2. The smallest absolute Gasteiger partial charge is 0.196 e. The Bertz CT molecular complexity index is 554. The lowest BCUT2D eigenvalue weighted by Gasteiger charge is -2.04. The van der Waals surface area contributed by atoms with Gasteiger partial charge < -0.3 is 0 Å². The molecule has 0 atom stereocenters. The van der Waals surface area contributed by atoms with Gasteiger partial charge in [-0.25, -0.2) is 0 Å². The molecule has 47 heavy (non-hydrogen) atoms. The van der Waals surface area contributed by atoms with Gasteiger partial charge in [-0.05, 0) is 24.6 Å². The summed E-state index contributed by atoms with van der Waals surface area (Å²) in [6.45, 7) is 10.6. The number of carbonyl (C=O) groups excluding carboxylic acids is 2. The van der Waals surface area contributed by atoms with Crippen LogP contribution in [-0.2, 0) is 9.59 Å². The van der Waals surface area contributed by atoms with Crippen molar-refractivity contribution in [2.24, 2.45) is 0 Å². The van der Waals surface area contributed by atoms with Gasteiger partial charge in [0.2, 0.25) is 0 Å². The first kappa shape index (κ1) is 48.5. The lowest BCUT2D eigenvalue weighted by molar-refractivity contribution is -0.113. The summed E-state index contributed by atoms with van der Waals surface area (Å²) in [6, 6.07) is 0. The first-order valence-electron chi connectivity index (χ1n) is 21.4. The topological polar surface area (TPSA) is 34.1 Å². The Hall–Kier alpha value is -0.570. The zero-order valence-corrected chi connectivity index (χ0v) is 33.3. The maximum atomic E-state index is 12.2. The van der Waals surface area contributed by atoms with Crippen LogP contribution in [0.15, 0.2) is 13.2 Å². The van der Waals surface area contributed by atoms with E-state index in [0.29, 0.717) is 12.8 Å². The van der Waals surface area contributed by atoms with Crippen molar-refractivity contribution in [3.8, 4) is 0 Å². The van der Waals surface area contributed by atoms with Crippen LogP contribution in [0.3, 0.4) is 0 Å². The summed E-state index contributed by atoms with van der Waals surface area (Å²) in [4.78, 5) is 24.3. The lowest BCUT2D eigenvalue weighted by atomic mass is 10.0. The van der Waals surface area contributed by atoms with E-state index in [0.717, 1.165) is 37.4 Å². The molecule has 0 spiro atoms. The van der Waals surface area contributed by atoms with Crippen molar-refractivity contribution < 1.29 is 9.59 Å². The first-order valence-corrected chi connectivity index (χ1v) is 22.3. The van der Waals surface area contributed by atoms with Crippen LogP contribution in [0.25, 0.3) is 0 Å². The summed E-state index contributed by atoms with van der Waals surface area (Å²) in [5.41, 5.74) is 0. The molecule has 0 amide bonds. The summed E-state index contributed by atoms with van der Waals surface area (Å²) < 4.78 is 0. The van der Waals surface area contributed by atoms with Crippen LogP contribution in [0.4, 0.5) is 0 Å². The molecule has 0 aromatic heterocycles. The fraction of sp³-hybridized carbons (Fsp3) is 0.909. The van der Waals surface area contributed by atoms with Crippen LogP contribution in [0.2, 0.25) is 0 Å². The zero-order valence-electron chi connectivity index (χ0n) is 32.5. The Labute approximate surface area is 301 Å².